The number of hydrogen-bond acceptors (Lipinski definition) is 7. The summed E-state index contributed by atoms with van der Waals surface area (Å²) in [6.07, 6.45) is -4.69. The van der Waals surface area contributed by atoms with Crippen LogP contribution in [0, 0.1) is 27.2 Å². The van der Waals surface area contributed by atoms with Crippen LogP contribution in [-0.2, 0) is 6.18 Å². The van der Waals surface area contributed by atoms with Crippen LogP contribution in [0.1, 0.15) is 11.4 Å². The Balaban J connectivity index is 2.46. The highest BCUT2D eigenvalue weighted by molar-refractivity contribution is 7.99. The second-order valence-electron chi connectivity index (χ2n) is 4.44. The molecule has 0 spiro atoms. The lowest BCUT2D eigenvalue weighted by atomic mass is 10.3. The molecule has 0 bridgehead atoms. The summed E-state index contributed by atoms with van der Waals surface area (Å²) in [4.78, 5) is 27.0. The lowest BCUT2D eigenvalue weighted by Gasteiger charge is -2.08. The van der Waals surface area contributed by atoms with Gasteiger partial charge in [-0.3, -0.25) is 20.2 Å². The zero-order chi connectivity index (χ0) is 18.1. The number of alkyl halides is 3. The number of nitro groups is 2. The predicted molar refractivity (Wildman–Crippen MR) is 75.6 cm³/mol. The molecule has 0 saturated heterocycles. The third-order valence-electron chi connectivity index (χ3n) is 2.68. The summed E-state index contributed by atoms with van der Waals surface area (Å²) < 4.78 is 38.3. The van der Waals surface area contributed by atoms with Gasteiger partial charge in [0.25, 0.3) is 11.4 Å². The Morgan fingerprint density at radius 3 is 2.29 bits per heavy atom. The smallest absolute Gasteiger partial charge is 0.258 e. The maximum atomic E-state index is 12.8. The summed E-state index contributed by atoms with van der Waals surface area (Å²) in [6.45, 7) is 1.32. The molecule has 1 aromatic heterocycles. The van der Waals surface area contributed by atoms with E-state index in [4.69, 9.17) is 0 Å². The van der Waals surface area contributed by atoms with Crippen LogP contribution in [-0.4, -0.2) is 19.8 Å². The van der Waals surface area contributed by atoms with Gasteiger partial charge in [0.15, 0.2) is 5.16 Å². The molecule has 0 aliphatic heterocycles. The van der Waals surface area contributed by atoms with E-state index < -0.39 is 33.1 Å². The molecule has 0 aliphatic rings. The van der Waals surface area contributed by atoms with Gasteiger partial charge in [-0.15, -0.1) is 0 Å². The fourth-order valence-electron chi connectivity index (χ4n) is 1.68. The van der Waals surface area contributed by atoms with E-state index in [0.717, 1.165) is 24.3 Å². The number of nitro benzene ring substituents is 2. The van der Waals surface area contributed by atoms with E-state index in [2.05, 4.69) is 9.97 Å². The van der Waals surface area contributed by atoms with E-state index in [1.807, 2.05) is 0 Å². The molecule has 0 unspecified atom stereocenters. The number of benzene rings is 1. The van der Waals surface area contributed by atoms with Gasteiger partial charge in [0, 0.05) is 11.8 Å². The lowest BCUT2D eigenvalue weighted by Crippen LogP contribution is -2.10. The third kappa shape index (κ3) is 3.95. The first-order chi connectivity index (χ1) is 11.1. The second kappa shape index (κ2) is 6.39. The SMILES string of the molecule is Cc1cc(C(F)(F)F)nc(Sc2ccc([N+](=O)[O-])cc2[N+](=O)[O-])n1. The fourth-order valence-corrected chi connectivity index (χ4v) is 2.58. The zero-order valence-electron chi connectivity index (χ0n) is 11.8. The molecule has 126 valence electrons. The minimum atomic E-state index is -4.69. The van der Waals surface area contributed by atoms with Crippen LogP contribution >= 0.6 is 11.8 Å². The van der Waals surface area contributed by atoms with E-state index in [9.17, 15) is 33.4 Å². The highest BCUT2D eigenvalue weighted by atomic mass is 32.2. The number of rotatable bonds is 4. The Kier molecular flexibility index (Phi) is 4.68. The number of hydrogen-bond donors (Lipinski definition) is 0. The number of aromatic nitrogens is 2. The van der Waals surface area contributed by atoms with Crippen LogP contribution in [0.25, 0.3) is 0 Å². The Bertz CT molecular complexity index is 828. The van der Waals surface area contributed by atoms with E-state index >= 15 is 0 Å². The van der Waals surface area contributed by atoms with Gasteiger partial charge >= 0.3 is 6.18 Å². The van der Waals surface area contributed by atoms with Crippen molar-refractivity contribution in [3.8, 4) is 0 Å². The van der Waals surface area contributed by atoms with Gasteiger partial charge in [-0.05, 0) is 30.8 Å². The standard InChI is InChI=1S/C12H7F3N4O4S/c1-6-4-10(12(13,14)15)17-11(16-6)24-9-3-2-7(18(20)21)5-8(9)19(22)23/h2-5H,1H3. The van der Waals surface area contributed by atoms with Gasteiger partial charge in [0.1, 0.15) is 5.69 Å². The quantitative estimate of drug-likeness (QED) is 0.463. The molecule has 1 aromatic carbocycles. The van der Waals surface area contributed by atoms with Gasteiger partial charge in [-0.1, -0.05) is 0 Å². The van der Waals surface area contributed by atoms with Crippen molar-refractivity contribution in [1.29, 1.82) is 0 Å². The van der Waals surface area contributed by atoms with E-state index in [0.29, 0.717) is 11.8 Å². The van der Waals surface area contributed by atoms with Crippen LogP contribution < -0.4 is 0 Å². The van der Waals surface area contributed by atoms with Gasteiger partial charge in [0.05, 0.1) is 20.8 Å². The van der Waals surface area contributed by atoms with Crippen LogP contribution in [0.15, 0.2) is 34.3 Å². The van der Waals surface area contributed by atoms with Crippen molar-refractivity contribution >= 4 is 23.1 Å². The molecular formula is C12H7F3N4O4S. The summed E-state index contributed by atoms with van der Waals surface area (Å²) in [7, 11) is 0. The van der Waals surface area contributed by atoms with Crippen molar-refractivity contribution in [3.05, 3.63) is 55.9 Å². The summed E-state index contributed by atoms with van der Waals surface area (Å²) in [5, 5.41) is 21.4. The minimum absolute atomic E-state index is 0.0318. The molecule has 8 nitrogen and oxygen atoms in total. The molecule has 0 N–H and O–H groups in total. The number of aryl methyl sites for hydroxylation is 1. The average Bonchev–Trinajstić information content (AvgIpc) is 2.45. The van der Waals surface area contributed by atoms with Crippen LogP contribution in [0.3, 0.4) is 0 Å². The summed E-state index contributed by atoms with van der Waals surface area (Å²) in [5.41, 5.74) is -2.27. The Hall–Kier alpha value is -2.76. The van der Waals surface area contributed by atoms with Crippen LogP contribution in [0.5, 0.6) is 0 Å². The molecule has 1 heterocycles. The predicted octanol–water partition coefficient (Wildman–Crippen LogP) is 3.77. The molecule has 0 fully saturated rings. The van der Waals surface area contributed by atoms with E-state index in [1.54, 1.807) is 0 Å². The Morgan fingerprint density at radius 1 is 1.08 bits per heavy atom. The Labute approximate surface area is 136 Å². The normalized spacial score (nSPS) is 11.3. The summed E-state index contributed by atoms with van der Waals surface area (Å²) in [6, 6.07) is 3.55. The van der Waals surface area contributed by atoms with E-state index in [-0.39, 0.29) is 15.7 Å². The van der Waals surface area contributed by atoms with Gasteiger partial charge in [-0.25, -0.2) is 9.97 Å². The van der Waals surface area contributed by atoms with Gasteiger partial charge < -0.3 is 0 Å². The first-order valence-corrected chi connectivity index (χ1v) is 6.93. The molecule has 0 atom stereocenters. The highest BCUT2D eigenvalue weighted by Crippen LogP contribution is 2.37. The first-order valence-electron chi connectivity index (χ1n) is 6.11. The molecule has 0 amide bonds. The molecule has 0 aliphatic carbocycles. The summed E-state index contributed by atoms with van der Waals surface area (Å²) >= 11 is 0.521. The minimum Gasteiger partial charge on any atom is -0.258 e. The molecule has 12 heteroatoms. The number of nitrogens with zero attached hydrogens (tertiary/aromatic N) is 4. The van der Waals surface area contributed by atoms with Crippen molar-refractivity contribution in [1.82, 2.24) is 9.97 Å². The fraction of sp³-hybridized carbons (Fsp3) is 0.167. The van der Waals surface area contributed by atoms with Crippen molar-refractivity contribution in [3.63, 3.8) is 0 Å². The molecule has 2 rings (SSSR count). The second-order valence-corrected chi connectivity index (χ2v) is 5.45. The topological polar surface area (TPSA) is 112 Å². The van der Waals surface area contributed by atoms with Crippen molar-refractivity contribution < 1.29 is 23.0 Å². The molecule has 0 saturated carbocycles. The maximum absolute atomic E-state index is 12.8. The third-order valence-corrected chi connectivity index (χ3v) is 3.61. The number of halogens is 3. The summed E-state index contributed by atoms with van der Waals surface area (Å²) in [5.74, 6) is 0. The zero-order valence-corrected chi connectivity index (χ0v) is 12.6. The van der Waals surface area contributed by atoms with Crippen molar-refractivity contribution in [2.24, 2.45) is 0 Å². The van der Waals surface area contributed by atoms with E-state index in [1.165, 1.54) is 6.92 Å². The monoisotopic (exact) mass is 360 g/mol. The van der Waals surface area contributed by atoms with Crippen molar-refractivity contribution in [2.75, 3.05) is 0 Å². The van der Waals surface area contributed by atoms with Gasteiger partial charge in [0.2, 0.25) is 0 Å². The number of non-ortho nitro benzene ring substituents is 1. The largest absolute Gasteiger partial charge is 0.433 e. The van der Waals surface area contributed by atoms with Crippen LogP contribution in [0.4, 0.5) is 24.5 Å². The van der Waals surface area contributed by atoms with Crippen LogP contribution in [0.2, 0.25) is 0 Å². The van der Waals surface area contributed by atoms with Gasteiger partial charge in [-0.2, -0.15) is 13.2 Å². The van der Waals surface area contributed by atoms with Crippen molar-refractivity contribution in [2.45, 2.75) is 23.2 Å². The highest BCUT2D eigenvalue weighted by Gasteiger charge is 2.33. The Morgan fingerprint density at radius 2 is 1.75 bits per heavy atom. The molecule has 24 heavy (non-hydrogen) atoms. The lowest BCUT2D eigenvalue weighted by molar-refractivity contribution is -0.396. The molecular weight excluding hydrogens is 353 g/mol. The average molecular weight is 360 g/mol. The first kappa shape index (κ1) is 17.6. The maximum Gasteiger partial charge on any atom is 0.433 e. The molecule has 2 aromatic rings. The molecule has 0 radical (unpaired) electrons.